The summed E-state index contributed by atoms with van der Waals surface area (Å²) in [4.78, 5) is 20.3. The van der Waals surface area contributed by atoms with Gasteiger partial charge in [-0.15, -0.1) is 0 Å². The number of hydrogen-bond donors (Lipinski definition) is 2. The Labute approximate surface area is 143 Å². The predicted molar refractivity (Wildman–Crippen MR) is 87.5 cm³/mol. The van der Waals surface area contributed by atoms with E-state index >= 15 is 0 Å². The molecule has 8 heteroatoms. The molecule has 0 fully saturated rings. The largest absolute Gasteiger partial charge is 0.384 e. The number of aliphatic hydroxyl groups is 1. The zero-order valence-corrected chi connectivity index (χ0v) is 13.4. The predicted octanol–water partition coefficient (Wildman–Crippen LogP) is 1.44. The Morgan fingerprint density at radius 1 is 1.32 bits per heavy atom. The first-order chi connectivity index (χ1) is 12.0. The highest BCUT2D eigenvalue weighted by molar-refractivity contribution is 5.94. The zero-order valence-electron chi connectivity index (χ0n) is 13.4. The lowest BCUT2D eigenvalue weighted by atomic mass is 9.96. The maximum Gasteiger partial charge on any atom is 0.251 e. The van der Waals surface area contributed by atoms with Crippen LogP contribution in [0, 0.1) is 5.82 Å². The van der Waals surface area contributed by atoms with Crippen molar-refractivity contribution in [1.29, 1.82) is 0 Å². The second-order valence-corrected chi connectivity index (χ2v) is 5.71. The van der Waals surface area contributed by atoms with E-state index in [4.69, 9.17) is 0 Å². The molecule has 0 spiro atoms. The maximum atomic E-state index is 13.0. The van der Waals surface area contributed by atoms with Crippen LogP contribution in [0.25, 0.3) is 5.82 Å². The molecule has 0 aliphatic heterocycles. The Hall–Kier alpha value is -3.13. The molecular formula is C17H16FN5O2. The molecule has 128 valence electrons. The van der Waals surface area contributed by atoms with Crippen LogP contribution in [0.2, 0.25) is 0 Å². The van der Waals surface area contributed by atoms with Crippen LogP contribution in [-0.4, -0.2) is 37.3 Å². The summed E-state index contributed by atoms with van der Waals surface area (Å²) in [6.45, 7) is 1.52. The van der Waals surface area contributed by atoms with E-state index in [0.29, 0.717) is 16.9 Å². The van der Waals surface area contributed by atoms with Gasteiger partial charge in [-0.25, -0.2) is 19.0 Å². The van der Waals surface area contributed by atoms with Crippen molar-refractivity contribution in [2.45, 2.75) is 12.5 Å². The molecule has 1 aromatic carbocycles. The molecule has 0 aliphatic rings. The Balaban J connectivity index is 1.70. The molecular weight excluding hydrogens is 325 g/mol. The van der Waals surface area contributed by atoms with E-state index in [0.717, 1.165) is 0 Å². The number of halogens is 1. The molecule has 0 aliphatic carbocycles. The van der Waals surface area contributed by atoms with Gasteiger partial charge in [0.25, 0.3) is 5.91 Å². The zero-order chi connectivity index (χ0) is 17.9. The molecule has 1 atom stereocenters. The minimum absolute atomic E-state index is 0.0293. The lowest BCUT2D eigenvalue weighted by Gasteiger charge is -2.24. The molecule has 7 nitrogen and oxygen atoms in total. The van der Waals surface area contributed by atoms with Gasteiger partial charge in [0.15, 0.2) is 5.82 Å². The molecule has 1 amide bonds. The molecule has 0 saturated carbocycles. The smallest absolute Gasteiger partial charge is 0.251 e. The van der Waals surface area contributed by atoms with Crippen molar-refractivity contribution in [1.82, 2.24) is 25.1 Å². The van der Waals surface area contributed by atoms with E-state index < -0.39 is 5.60 Å². The van der Waals surface area contributed by atoms with Crippen molar-refractivity contribution in [2.24, 2.45) is 0 Å². The number of benzene rings is 1. The van der Waals surface area contributed by atoms with Gasteiger partial charge in [0.1, 0.15) is 24.1 Å². The van der Waals surface area contributed by atoms with Crippen LogP contribution in [-0.2, 0) is 5.60 Å². The number of carbonyl (C=O) groups is 1. The fraction of sp³-hybridized carbons (Fsp3) is 0.176. The monoisotopic (exact) mass is 341 g/mol. The molecule has 1 unspecified atom stereocenters. The lowest BCUT2D eigenvalue weighted by molar-refractivity contribution is 0.0526. The summed E-state index contributed by atoms with van der Waals surface area (Å²) in [6, 6.07) is 8.62. The van der Waals surface area contributed by atoms with Gasteiger partial charge in [0.05, 0.1) is 6.54 Å². The van der Waals surface area contributed by atoms with E-state index in [2.05, 4.69) is 20.4 Å². The third-order valence-electron chi connectivity index (χ3n) is 3.72. The van der Waals surface area contributed by atoms with E-state index in [9.17, 15) is 14.3 Å². The Morgan fingerprint density at radius 3 is 2.76 bits per heavy atom. The molecule has 2 N–H and O–H groups in total. The number of nitrogens with zero attached hydrogens (tertiary/aromatic N) is 4. The van der Waals surface area contributed by atoms with Crippen molar-refractivity contribution in [2.75, 3.05) is 6.54 Å². The van der Waals surface area contributed by atoms with Crippen LogP contribution >= 0.6 is 0 Å². The van der Waals surface area contributed by atoms with E-state index in [1.54, 1.807) is 19.1 Å². The van der Waals surface area contributed by atoms with Gasteiger partial charge in [-0.05, 0) is 36.8 Å². The van der Waals surface area contributed by atoms with Crippen molar-refractivity contribution in [3.05, 3.63) is 72.2 Å². The number of pyridine rings is 1. The first-order valence-corrected chi connectivity index (χ1v) is 7.53. The van der Waals surface area contributed by atoms with Crippen LogP contribution in [0.4, 0.5) is 4.39 Å². The number of nitrogens with one attached hydrogen (secondary N) is 1. The Morgan fingerprint density at radius 2 is 2.08 bits per heavy atom. The fourth-order valence-electron chi connectivity index (χ4n) is 2.28. The quantitative estimate of drug-likeness (QED) is 0.732. The summed E-state index contributed by atoms with van der Waals surface area (Å²) >= 11 is 0. The second-order valence-electron chi connectivity index (χ2n) is 5.71. The first kappa shape index (κ1) is 16.7. The van der Waals surface area contributed by atoms with Crippen LogP contribution in [0.3, 0.4) is 0 Å². The standard InChI is InChI=1S/C17H16FN5O2/c1-17(25,13-2-4-14(18)5-3-13)9-21-16(24)12-6-7-20-15(8-12)23-11-19-10-22-23/h2-8,10-11,25H,9H2,1H3,(H,21,24). The number of carbonyl (C=O) groups excluding carboxylic acids is 1. The van der Waals surface area contributed by atoms with E-state index in [1.807, 2.05) is 0 Å². The van der Waals surface area contributed by atoms with E-state index in [-0.39, 0.29) is 18.3 Å². The summed E-state index contributed by atoms with van der Waals surface area (Å²) in [5.74, 6) is -0.303. The highest BCUT2D eigenvalue weighted by Gasteiger charge is 2.24. The number of amides is 1. The van der Waals surface area contributed by atoms with Crippen molar-refractivity contribution >= 4 is 5.91 Å². The highest BCUT2D eigenvalue weighted by Crippen LogP contribution is 2.20. The molecule has 3 rings (SSSR count). The molecule has 0 radical (unpaired) electrons. The molecule has 0 saturated heterocycles. The maximum absolute atomic E-state index is 13.0. The normalized spacial score (nSPS) is 13.2. The minimum Gasteiger partial charge on any atom is -0.384 e. The summed E-state index contributed by atoms with van der Waals surface area (Å²) in [5.41, 5.74) is -0.451. The van der Waals surface area contributed by atoms with Gasteiger partial charge in [0.2, 0.25) is 0 Å². The van der Waals surface area contributed by atoms with Crippen molar-refractivity contribution in [3.8, 4) is 5.82 Å². The lowest BCUT2D eigenvalue weighted by Crippen LogP contribution is -2.38. The van der Waals surface area contributed by atoms with Gasteiger partial charge in [0, 0.05) is 11.8 Å². The van der Waals surface area contributed by atoms with E-state index in [1.165, 1.54) is 47.8 Å². The average molecular weight is 341 g/mol. The van der Waals surface area contributed by atoms with Crippen molar-refractivity contribution in [3.63, 3.8) is 0 Å². The topological polar surface area (TPSA) is 92.9 Å². The minimum atomic E-state index is -1.33. The number of rotatable bonds is 5. The van der Waals surface area contributed by atoms with Crippen LogP contribution in [0.15, 0.2) is 55.2 Å². The molecule has 25 heavy (non-hydrogen) atoms. The Bertz CT molecular complexity index is 863. The third kappa shape index (κ3) is 3.86. The van der Waals surface area contributed by atoms with Gasteiger partial charge in [-0.2, -0.15) is 5.10 Å². The van der Waals surface area contributed by atoms with Crippen LogP contribution < -0.4 is 5.32 Å². The SMILES string of the molecule is CC(O)(CNC(=O)c1ccnc(-n2cncn2)c1)c1ccc(F)cc1. The summed E-state index contributed by atoms with van der Waals surface area (Å²) in [7, 11) is 0. The fourth-order valence-corrected chi connectivity index (χ4v) is 2.28. The van der Waals surface area contributed by atoms with Gasteiger partial charge >= 0.3 is 0 Å². The number of aromatic nitrogens is 4. The number of hydrogen-bond acceptors (Lipinski definition) is 5. The molecule has 0 bridgehead atoms. The Kier molecular flexibility index (Phi) is 4.53. The van der Waals surface area contributed by atoms with Crippen LogP contribution in [0.1, 0.15) is 22.8 Å². The second kappa shape index (κ2) is 6.78. The van der Waals surface area contributed by atoms with Crippen molar-refractivity contribution < 1.29 is 14.3 Å². The summed E-state index contributed by atoms with van der Waals surface area (Å²) < 4.78 is 14.4. The van der Waals surface area contributed by atoms with Gasteiger partial charge in [-0.3, -0.25) is 4.79 Å². The first-order valence-electron chi connectivity index (χ1n) is 7.53. The molecule has 2 heterocycles. The average Bonchev–Trinajstić information content (AvgIpc) is 3.15. The summed E-state index contributed by atoms with van der Waals surface area (Å²) in [6.07, 6.45) is 4.34. The van der Waals surface area contributed by atoms with Crippen LogP contribution in [0.5, 0.6) is 0 Å². The third-order valence-corrected chi connectivity index (χ3v) is 3.72. The molecule has 2 aromatic heterocycles. The van der Waals surface area contributed by atoms with Gasteiger partial charge < -0.3 is 10.4 Å². The summed E-state index contributed by atoms with van der Waals surface area (Å²) in [5, 5.41) is 17.1. The van der Waals surface area contributed by atoms with Gasteiger partial charge in [-0.1, -0.05) is 12.1 Å². The highest BCUT2D eigenvalue weighted by atomic mass is 19.1. The molecule has 3 aromatic rings.